The van der Waals surface area contributed by atoms with Crippen molar-refractivity contribution >= 4 is 40.0 Å². The number of halogens is 3. The number of fused-ring (bicyclic) bond motifs is 5. The molecule has 0 saturated heterocycles. The van der Waals surface area contributed by atoms with Gasteiger partial charge in [-0.25, -0.2) is 18.0 Å². The molecule has 1 aromatic rings. The third kappa shape index (κ3) is 3.37. The van der Waals surface area contributed by atoms with Gasteiger partial charge in [-0.2, -0.15) is 11.3 Å². The summed E-state index contributed by atoms with van der Waals surface area (Å²) in [5.41, 5.74) is -6.79. The molecule has 10 heteroatoms. The SMILES string of the molecule is C[C@@H]1C[C@H]2[C@@H]3C[C@H](F)C4=CC(=O)C=C[C@]4(C)C3(F)[C@@H](O)C[C@]2(C)[C@@]1(OC(=O)c1ccsc1)C(=O)SCF. The van der Waals surface area contributed by atoms with Gasteiger partial charge in [0.2, 0.25) is 5.12 Å². The number of carbonyl (C=O) groups is 3. The number of aliphatic hydroxyl groups is 1. The number of aliphatic hydroxyl groups excluding tert-OH is 1. The fraction of sp³-hybridized carbons (Fsp3) is 0.593. The second-order valence-corrected chi connectivity index (χ2v) is 12.8. The number of rotatable bonds is 4. The molecule has 0 spiro atoms. The first kappa shape index (κ1) is 26.7. The first-order valence-electron chi connectivity index (χ1n) is 12.3. The molecule has 9 atom stereocenters. The van der Waals surface area contributed by atoms with Gasteiger partial charge in [0.25, 0.3) is 0 Å². The van der Waals surface area contributed by atoms with Crippen molar-refractivity contribution in [1.29, 1.82) is 0 Å². The lowest BCUT2D eigenvalue weighted by molar-refractivity contribution is -0.221. The lowest BCUT2D eigenvalue weighted by Crippen LogP contribution is -2.70. The van der Waals surface area contributed by atoms with Crippen molar-refractivity contribution in [2.24, 2.45) is 28.6 Å². The lowest BCUT2D eigenvalue weighted by Gasteiger charge is -2.63. The van der Waals surface area contributed by atoms with E-state index in [4.69, 9.17) is 4.74 Å². The summed E-state index contributed by atoms with van der Waals surface area (Å²) < 4.78 is 52.5. The highest BCUT2D eigenvalue weighted by atomic mass is 32.2. The van der Waals surface area contributed by atoms with Gasteiger partial charge in [0.05, 0.1) is 11.7 Å². The molecule has 5 rings (SSSR count). The first-order chi connectivity index (χ1) is 17.4. The van der Waals surface area contributed by atoms with Crippen LogP contribution in [0.1, 0.15) is 50.4 Å². The van der Waals surface area contributed by atoms with E-state index in [1.807, 2.05) is 0 Å². The summed E-state index contributed by atoms with van der Waals surface area (Å²) in [7, 11) is 0. The average Bonchev–Trinajstić information content (AvgIpc) is 3.45. The number of ketones is 1. The molecule has 0 amide bonds. The molecule has 37 heavy (non-hydrogen) atoms. The van der Waals surface area contributed by atoms with Crippen LogP contribution in [-0.2, 0) is 14.3 Å². The summed E-state index contributed by atoms with van der Waals surface area (Å²) in [6.07, 6.45) is 0.0533. The van der Waals surface area contributed by atoms with Gasteiger partial charge in [0.1, 0.15) is 12.2 Å². The van der Waals surface area contributed by atoms with E-state index in [2.05, 4.69) is 0 Å². The molecule has 4 aliphatic carbocycles. The molecule has 0 bridgehead atoms. The monoisotopic (exact) mass is 554 g/mol. The van der Waals surface area contributed by atoms with Crippen molar-refractivity contribution in [1.82, 2.24) is 0 Å². The van der Waals surface area contributed by atoms with Gasteiger partial charge in [0, 0.05) is 28.0 Å². The summed E-state index contributed by atoms with van der Waals surface area (Å²) >= 11 is 1.66. The average molecular weight is 555 g/mol. The molecule has 4 aliphatic rings. The van der Waals surface area contributed by atoms with E-state index < -0.39 is 75.0 Å². The van der Waals surface area contributed by atoms with E-state index in [-0.39, 0.29) is 30.4 Å². The molecule has 3 fully saturated rings. The fourth-order valence-electron chi connectivity index (χ4n) is 7.96. The molecule has 0 aromatic carbocycles. The van der Waals surface area contributed by atoms with Crippen LogP contribution in [0.5, 0.6) is 0 Å². The molecular formula is C27H29F3O5S2. The van der Waals surface area contributed by atoms with Gasteiger partial charge in [-0.15, -0.1) is 0 Å². The minimum absolute atomic E-state index is 0.00617. The van der Waals surface area contributed by atoms with Gasteiger partial charge in [-0.1, -0.05) is 19.9 Å². The molecule has 200 valence electrons. The molecule has 3 saturated carbocycles. The highest BCUT2D eigenvalue weighted by molar-refractivity contribution is 8.13. The van der Waals surface area contributed by atoms with Crippen molar-refractivity contribution in [3.8, 4) is 0 Å². The Balaban J connectivity index is 1.64. The van der Waals surface area contributed by atoms with Gasteiger partial charge >= 0.3 is 5.97 Å². The highest BCUT2D eigenvalue weighted by Gasteiger charge is 2.78. The Labute approximate surface area is 221 Å². The van der Waals surface area contributed by atoms with Crippen LogP contribution in [0.3, 0.4) is 0 Å². The summed E-state index contributed by atoms with van der Waals surface area (Å²) in [5.74, 6) is -3.53. The molecule has 1 heterocycles. The zero-order valence-electron chi connectivity index (χ0n) is 20.7. The number of carbonyl (C=O) groups excluding carboxylic acids is 3. The number of thioether (sulfide) groups is 1. The predicted molar refractivity (Wildman–Crippen MR) is 134 cm³/mol. The van der Waals surface area contributed by atoms with Gasteiger partial charge < -0.3 is 9.84 Å². The Hall–Kier alpha value is -1.91. The fourth-order valence-corrected chi connectivity index (χ4v) is 9.38. The number of hydrogen-bond acceptors (Lipinski definition) is 7. The molecule has 1 unspecified atom stereocenters. The molecular weight excluding hydrogens is 525 g/mol. The molecule has 0 aliphatic heterocycles. The minimum Gasteiger partial charge on any atom is -0.446 e. The van der Waals surface area contributed by atoms with Crippen molar-refractivity contribution < 1.29 is 37.4 Å². The first-order valence-corrected chi connectivity index (χ1v) is 14.2. The van der Waals surface area contributed by atoms with Crippen molar-refractivity contribution in [2.75, 3.05) is 6.01 Å². The maximum absolute atomic E-state index is 17.4. The van der Waals surface area contributed by atoms with Crippen LogP contribution < -0.4 is 0 Å². The second-order valence-electron chi connectivity index (χ2n) is 11.2. The summed E-state index contributed by atoms with van der Waals surface area (Å²) in [6, 6.07) is 0.510. The van der Waals surface area contributed by atoms with E-state index in [0.717, 1.165) is 6.08 Å². The highest BCUT2D eigenvalue weighted by Crippen LogP contribution is 2.72. The van der Waals surface area contributed by atoms with E-state index in [9.17, 15) is 23.9 Å². The van der Waals surface area contributed by atoms with E-state index in [0.29, 0.717) is 11.8 Å². The number of esters is 1. The maximum atomic E-state index is 17.4. The van der Waals surface area contributed by atoms with Crippen LogP contribution in [0.2, 0.25) is 0 Å². The second kappa shape index (κ2) is 8.81. The Morgan fingerprint density at radius 2 is 2.00 bits per heavy atom. The number of hydrogen-bond donors (Lipinski definition) is 1. The Kier molecular flexibility index (Phi) is 6.35. The molecule has 0 radical (unpaired) electrons. The van der Waals surface area contributed by atoms with Crippen molar-refractivity contribution in [2.45, 2.75) is 63.6 Å². The van der Waals surface area contributed by atoms with Crippen LogP contribution in [0.15, 0.2) is 40.6 Å². The number of ether oxygens (including phenoxy) is 1. The third-order valence-electron chi connectivity index (χ3n) is 9.67. The Morgan fingerprint density at radius 3 is 2.65 bits per heavy atom. The van der Waals surface area contributed by atoms with Gasteiger partial charge in [-0.05, 0) is 73.0 Å². The standard InChI is InChI=1S/C27H29F3O5S2/c1-14-8-17-18-10-20(29)19-9-16(31)4-6-24(19,2)26(18,30)21(32)11-25(17,3)27(14,23(34)37-13-28)35-22(33)15-5-7-36-12-15/h4-7,9,12,14,17-18,20-21,32H,8,10-11,13H2,1-3H3/t14-,17+,18+,20+,21+,24+,25+,26?,27+/m1/s1. The molecule has 5 nitrogen and oxygen atoms in total. The zero-order valence-corrected chi connectivity index (χ0v) is 22.3. The van der Waals surface area contributed by atoms with E-state index in [1.165, 1.54) is 30.4 Å². The predicted octanol–water partition coefficient (Wildman–Crippen LogP) is 5.40. The van der Waals surface area contributed by atoms with E-state index in [1.54, 1.807) is 30.7 Å². The summed E-state index contributed by atoms with van der Waals surface area (Å²) in [6.45, 7) is 4.87. The van der Waals surface area contributed by atoms with Crippen LogP contribution >= 0.6 is 23.1 Å². The normalized spacial score (nSPS) is 44.5. The zero-order chi connectivity index (χ0) is 27.0. The number of thiophene rings is 1. The lowest BCUT2D eigenvalue weighted by atomic mass is 9.44. The largest absolute Gasteiger partial charge is 0.446 e. The Bertz CT molecular complexity index is 1200. The summed E-state index contributed by atoms with van der Waals surface area (Å²) in [4.78, 5) is 38.8. The van der Waals surface area contributed by atoms with Gasteiger partial charge in [-0.3, -0.25) is 9.59 Å². The third-order valence-corrected chi connectivity index (χ3v) is 11.0. The van der Waals surface area contributed by atoms with Crippen molar-refractivity contribution in [3.05, 3.63) is 46.2 Å². The number of alkyl halides is 3. The molecule has 1 N–H and O–H groups in total. The van der Waals surface area contributed by atoms with Crippen LogP contribution in [0.4, 0.5) is 13.2 Å². The smallest absolute Gasteiger partial charge is 0.340 e. The molecule has 1 aromatic heterocycles. The van der Waals surface area contributed by atoms with Crippen LogP contribution in [-0.4, -0.2) is 51.5 Å². The van der Waals surface area contributed by atoms with Crippen LogP contribution in [0.25, 0.3) is 0 Å². The maximum Gasteiger partial charge on any atom is 0.340 e. The minimum atomic E-state index is -2.33. The quantitative estimate of drug-likeness (QED) is 0.503. The van der Waals surface area contributed by atoms with Crippen LogP contribution in [0, 0.1) is 28.6 Å². The topological polar surface area (TPSA) is 80.7 Å². The Morgan fingerprint density at radius 1 is 1.27 bits per heavy atom. The van der Waals surface area contributed by atoms with Gasteiger partial charge in [0.15, 0.2) is 17.1 Å². The van der Waals surface area contributed by atoms with Crippen molar-refractivity contribution in [3.63, 3.8) is 0 Å². The summed E-state index contributed by atoms with van der Waals surface area (Å²) in [5, 5.41) is 14.1. The van der Waals surface area contributed by atoms with E-state index >= 15 is 8.78 Å². The number of allylic oxidation sites excluding steroid dienone is 4.